The van der Waals surface area contributed by atoms with Crippen LogP contribution < -0.4 is 10.1 Å². The van der Waals surface area contributed by atoms with Gasteiger partial charge in [0.2, 0.25) is 0 Å². The first-order valence-electron chi connectivity index (χ1n) is 12.7. The van der Waals surface area contributed by atoms with Crippen LogP contribution in [0.5, 0.6) is 5.75 Å². The van der Waals surface area contributed by atoms with Crippen molar-refractivity contribution in [1.82, 2.24) is 19.7 Å². The summed E-state index contributed by atoms with van der Waals surface area (Å²) in [6.07, 6.45) is -2.20. The van der Waals surface area contributed by atoms with Crippen molar-refractivity contribution < 1.29 is 22.6 Å². The third-order valence-electron chi connectivity index (χ3n) is 7.40. The largest absolute Gasteiger partial charge is 0.493 e. The fraction of sp³-hybridized carbons (Fsp3) is 0.357. The number of ether oxygens (including phenoxy) is 2. The molecule has 0 amide bonds. The van der Waals surface area contributed by atoms with Gasteiger partial charge in [0.25, 0.3) is 0 Å². The van der Waals surface area contributed by atoms with E-state index >= 15 is 0 Å². The average molecular weight is 535 g/mol. The van der Waals surface area contributed by atoms with Gasteiger partial charge < -0.3 is 14.8 Å². The average Bonchev–Trinajstić information content (AvgIpc) is 3.56. The second-order valence-electron chi connectivity index (χ2n) is 10.0. The summed E-state index contributed by atoms with van der Waals surface area (Å²) < 4.78 is 56.5. The van der Waals surface area contributed by atoms with E-state index in [1.807, 2.05) is 19.1 Å². The first kappa shape index (κ1) is 25.1. The molecule has 39 heavy (non-hydrogen) atoms. The number of anilines is 1. The SMILES string of the molecule is CCc1nc(NCC2(C(F)(F)F)CC(C)(c3cccc4c3OCC4)O2)c2cnn(-c3cccc(C#N)c3)c2n1. The maximum Gasteiger partial charge on any atom is 0.419 e. The van der Waals surface area contributed by atoms with E-state index in [4.69, 9.17) is 9.47 Å². The Morgan fingerprint density at radius 1 is 1.18 bits per heavy atom. The molecule has 1 fully saturated rings. The highest BCUT2D eigenvalue weighted by atomic mass is 19.4. The first-order valence-corrected chi connectivity index (χ1v) is 12.7. The Kier molecular flexibility index (Phi) is 5.77. The minimum Gasteiger partial charge on any atom is -0.493 e. The molecule has 8 nitrogen and oxygen atoms in total. The topological polar surface area (TPSA) is 97.9 Å². The summed E-state index contributed by atoms with van der Waals surface area (Å²) in [7, 11) is 0. The molecule has 2 aliphatic heterocycles. The zero-order chi connectivity index (χ0) is 27.4. The number of fused-ring (bicyclic) bond motifs is 2. The standard InChI is InChI=1S/C28H25F3N6O2/c1-3-22-35-24(20-14-34-37(25(20)36-22)19-8-4-6-17(12-19)13-32)33-16-27(28(29,30)31)15-26(2,39-27)21-9-5-7-18-10-11-38-23(18)21/h4-9,12,14H,3,10-11,15-16H2,1-2H3,(H,33,35,36). The number of rotatable bonds is 6. The molecule has 200 valence electrons. The van der Waals surface area contributed by atoms with Crippen LogP contribution in [0.25, 0.3) is 16.7 Å². The Morgan fingerprint density at radius 3 is 2.72 bits per heavy atom. The van der Waals surface area contributed by atoms with Gasteiger partial charge in [-0.1, -0.05) is 31.2 Å². The highest BCUT2D eigenvalue weighted by molar-refractivity contribution is 5.87. The van der Waals surface area contributed by atoms with Crippen molar-refractivity contribution in [3.05, 3.63) is 71.2 Å². The highest BCUT2D eigenvalue weighted by Gasteiger charge is 2.68. The number of nitrogens with zero attached hydrogens (tertiary/aromatic N) is 5. The molecule has 0 spiro atoms. The predicted octanol–water partition coefficient (Wildman–Crippen LogP) is 5.23. The van der Waals surface area contributed by atoms with Crippen LogP contribution in [0.15, 0.2) is 48.7 Å². The van der Waals surface area contributed by atoms with Crippen molar-refractivity contribution in [2.45, 2.75) is 50.5 Å². The van der Waals surface area contributed by atoms with Crippen molar-refractivity contribution in [1.29, 1.82) is 5.26 Å². The number of benzene rings is 2. The summed E-state index contributed by atoms with van der Waals surface area (Å²) in [5, 5.41) is 17.0. The second-order valence-corrected chi connectivity index (χ2v) is 10.0. The minimum atomic E-state index is -4.63. The smallest absolute Gasteiger partial charge is 0.419 e. The monoisotopic (exact) mass is 534 g/mol. The van der Waals surface area contributed by atoms with Gasteiger partial charge in [0, 0.05) is 24.8 Å². The van der Waals surface area contributed by atoms with Crippen molar-refractivity contribution in [2.75, 3.05) is 18.5 Å². The van der Waals surface area contributed by atoms with E-state index in [9.17, 15) is 18.4 Å². The van der Waals surface area contributed by atoms with E-state index in [0.29, 0.717) is 52.4 Å². The minimum absolute atomic E-state index is 0.240. The lowest BCUT2D eigenvalue weighted by molar-refractivity contribution is -0.380. The summed E-state index contributed by atoms with van der Waals surface area (Å²) in [6.45, 7) is 3.50. The number of hydrogen-bond acceptors (Lipinski definition) is 7. The molecule has 0 aliphatic carbocycles. The van der Waals surface area contributed by atoms with Gasteiger partial charge in [-0.3, -0.25) is 0 Å². The zero-order valence-electron chi connectivity index (χ0n) is 21.3. The van der Waals surface area contributed by atoms with E-state index < -0.39 is 23.9 Å². The summed E-state index contributed by atoms with van der Waals surface area (Å²) in [5.41, 5.74) is -0.451. The van der Waals surface area contributed by atoms with Crippen LogP contribution in [0, 0.1) is 11.3 Å². The lowest BCUT2D eigenvalue weighted by atomic mass is 9.74. The molecule has 0 radical (unpaired) electrons. The molecule has 2 aliphatic rings. The Morgan fingerprint density at radius 2 is 1.97 bits per heavy atom. The third-order valence-corrected chi connectivity index (χ3v) is 7.40. The molecule has 0 saturated carbocycles. The van der Waals surface area contributed by atoms with Crippen LogP contribution in [-0.4, -0.2) is 44.7 Å². The maximum absolute atomic E-state index is 14.5. The van der Waals surface area contributed by atoms with E-state index in [2.05, 4.69) is 26.5 Å². The van der Waals surface area contributed by atoms with Gasteiger partial charge >= 0.3 is 6.18 Å². The molecule has 2 atom stereocenters. The molecule has 4 aromatic rings. The summed E-state index contributed by atoms with van der Waals surface area (Å²) in [5.74, 6) is 1.31. The third kappa shape index (κ3) is 4.06. The molecule has 2 aromatic carbocycles. The molecule has 2 aromatic heterocycles. The van der Waals surface area contributed by atoms with Crippen molar-refractivity contribution in [3.63, 3.8) is 0 Å². The van der Waals surface area contributed by atoms with Crippen molar-refractivity contribution in [3.8, 4) is 17.5 Å². The molecule has 11 heteroatoms. The molecule has 4 heterocycles. The van der Waals surface area contributed by atoms with Crippen LogP contribution in [0.1, 0.15) is 42.8 Å². The molecule has 1 saturated heterocycles. The number of aromatic nitrogens is 4. The quantitative estimate of drug-likeness (QED) is 0.362. The zero-order valence-corrected chi connectivity index (χ0v) is 21.3. The first-order chi connectivity index (χ1) is 18.7. The predicted molar refractivity (Wildman–Crippen MR) is 137 cm³/mol. The fourth-order valence-electron chi connectivity index (χ4n) is 5.48. The summed E-state index contributed by atoms with van der Waals surface area (Å²) in [4.78, 5) is 9.04. The fourth-order valence-corrected chi connectivity index (χ4v) is 5.48. The Bertz CT molecular complexity index is 1620. The van der Waals surface area contributed by atoms with Gasteiger partial charge in [0.1, 0.15) is 17.4 Å². The van der Waals surface area contributed by atoms with Gasteiger partial charge in [0.15, 0.2) is 11.2 Å². The van der Waals surface area contributed by atoms with E-state index in [1.165, 1.54) is 6.20 Å². The number of hydrogen-bond donors (Lipinski definition) is 1. The number of alkyl halides is 3. The number of halogens is 3. The van der Waals surface area contributed by atoms with Crippen LogP contribution in [0.3, 0.4) is 0 Å². The highest BCUT2D eigenvalue weighted by Crippen LogP contribution is 2.57. The van der Waals surface area contributed by atoms with E-state index in [1.54, 1.807) is 41.9 Å². The van der Waals surface area contributed by atoms with E-state index in [-0.39, 0.29) is 12.2 Å². The van der Waals surface area contributed by atoms with Gasteiger partial charge in [-0.25, -0.2) is 14.6 Å². The molecule has 6 rings (SSSR count). The Balaban J connectivity index is 1.32. The van der Waals surface area contributed by atoms with Gasteiger partial charge in [0.05, 0.1) is 47.7 Å². The van der Waals surface area contributed by atoms with Gasteiger partial charge in [-0.05, 0) is 30.7 Å². The van der Waals surface area contributed by atoms with Crippen LogP contribution in [0.2, 0.25) is 0 Å². The van der Waals surface area contributed by atoms with Crippen molar-refractivity contribution >= 4 is 16.9 Å². The second kappa shape index (κ2) is 8.95. The van der Waals surface area contributed by atoms with Crippen LogP contribution in [0.4, 0.5) is 19.0 Å². The normalized spacial score (nSPS) is 22.2. The number of nitrogens with one attached hydrogen (secondary N) is 1. The Hall–Kier alpha value is -4.17. The molecule has 2 unspecified atom stereocenters. The molecule has 0 bridgehead atoms. The van der Waals surface area contributed by atoms with Gasteiger partial charge in [-0.15, -0.1) is 0 Å². The molecular weight excluding hydrogens is 509 g/mol. The van der Waals surface area contributed by atoms with Gasteiger partial charge in [-0.2, -0.15) is 23.5 Å². The van der Waals surface area contributed by atoms with Crippen molar-refractivity contribution in [2.24, 2.45) is 0 Å². The Labute approximate surface area is 222 Å². The van der Waals surface area contributed by atoms with Crippen LogP contribution >= 0.6 is 0 Å². The van der Waals surface area contributed by atoms with Crippen LogP contribution in [-0.2, 0) is 23.2 Å². The summed E-state index contributed by atoms with van der Waals surface area (Å²) in [6, 6.07) is 14.5. The van der Waals surface area contributed by atoms with E-state index in [0.717, 1.165) is 12.0 Å². The molecular formula is C28H25F3N6O2. The maximum atomic E-state index is 14.5. The summed E-state index contributed by atoms with van der Waals surface area (Å²) >= 11 is 0. The lowest BCUT2D eigenvalue weighted by Crippen LogP contribution is -2.67. The molecule has 1 N–H and O–H groups in total. The number of nitriles is 1. The lowest BCUT2D eigenvalue weighted by Gasteiger charge is -2.55. The number of aryl methyl sites for hydroxylation is 1. The number of para-hydroxylation sites is 1.